The number of ketones is 1. The van der Waals surface area contributed by atoms with Gasteiger partial charge in [0.1, 0.15) is 0 Å². The zero-order chi connectivity index (χ0) is 11.8. The summed E-state index contributed by atoms with van der Waals surface area (Å²) >= 11 is 0. The predicted octanol–water partition coefficient (Wildman–Crippen LogP) is 2.50. The molecule has 2 rings (SSSR count). The van der Waals surface area contributed by atoms with Gasteiger partial charge in [0, 0.05) is 11.1 Å². The molecule has 0 saturated carbocycles. The number of benzene rings is 1. The molecule has 1 aliphatic heterocycles. The van der Waals surface area contributed by atoms with E-state index >= 15 is 0 Å². The third-order valence-electron chi connectivity index (χ3n) is 2.84. The Balaban J connectivity index is 2.25. The Morgan fingerprint density at radius 1 is 1.38 bits per heavy atom. The number of Topliss-reactive ketones (excluding diaryl/α,β-unsaturated/α-hetero) is 1. The quantitative estimate of drug-likeness (QED) is 0.718. The minimum Gasteiger partial charge on any atom is -0.343 e. The molecule has 3 nitrogen and oxygen atoms in total. The highest BCUT2D eigenvalue weighted by molar-refractivity contribution is 5.94. The van der Waals surface area contributed by atoms with E-state index in [1.165, 1.54) is 0 Å². The molecule has 0 bridgehead atoms. The molecule has 0 aromatic heterocycles. The summed E-state index contributed by atoms with van der Waals surface area (Å²) in [5.74, 6) is -0.604. The van der Waals surface area contributed by atoms with Crippen LogP contribution in [0.1, 0.15) is 36.7 Å². The maximum Gasteiger partial charge on any atom is 0.192 e. The van der Waals surface area contributed by atoms with Gasteiger partial charge in [0.05, 0.1) is 12.7 Å². The lowest BCUT2D eigenvalue weighted by molar-refractivity contribution is -0.159. The Kier molecular flexibility index (Phi) is 2.82. The summed E-state index contributed by atoms with van der Waals surface area (Å²) in [7, 11) is 0. The highest BCUT2D eigenvalue weighted by atomic mass is 16.7. The van der Waals surface area contributed by atoms with Crippen LogP contribution in [0.15, 0.2) is 24.3 Å². The molecule has 0 aliphatic carbocycles. The Bertz CT molecular complexity index is 396. The number of carbonyl (C=O) groups excluding carboxylic acids is 1. The topological polar surface area (TPSA) is 35.5 Å². The van der Waals surface area contributed by atoms with Gasteiger partial charge in [-0.25, -0.2) is 0 Å². The van der Waals surface area contributed by atoms with Crippen LogP contribution in [0.5, 0.6) is 0 Å². The van der Waals surface area contributed by atoms with E-state index < -0.39 is 5.79 Å². The molecular weight excluding hydrogens is 204 g/mol. The second-order valence-corrected chi connectivity index (χ2v) is 4.32. The van der Waals surface area contributed by atoms with Crippen LogP contribution in [0.3, 0.4) is 0 Å². The van der Waals surface area contributed by atoms with Crippen molar-refractivity contribution in [2.75, 3.05) is 6.61 Å². The van der Waals surface area contributed by atoms with Crippen molar-refractivity contribution in [3.8, 4) is 0 Å². The minimum absolute atomic E-state index is 0.0679. The van der Waals surface area contributed by atoms with E-state index in [1.807, 2.05) is 26.0 Å². The molecule has 1 aromatic rings. The third kappa shape index (κ3) is 2.01. The van der Waals surface area contributed by atoms with Gasteiger partial charge in [-0.3, -0.25) is 4.79 Å². The third-order valence-corrected chi connectivity index (χ3v) is 2.84. The summed E-state index contributed by atoms with van der Waals surface area (Å²) in [6.45, 7) is 6.04. The summed E-state index contributed by atoms with van der Waals surface area (Å²) in [5.41, 5.74) is 1.65. The zero-order valence-corrected chi connectivity index (χ0v) is 9.82. The Morgan fingerprint density at radius 2 is 2.00 bits per heavy atom. The molecule has 0 N–H and O–H groups in total. The van der Waals surface area contributed by atoms with Crippen molar-refractivity contribution >= 4 is 5.78 Å². The molecule has 1 saturated heterocycles. The number of ether oxygens (including phenoxy) is 2. The molecule has 1 fully saturated rings. The van der Waals surface area contributed by atoms with Crippen LogP contribution in [0.25, 0.3) is 0 Å². The first-order valence-electron chi connectivity index (χ1n) is 5.44. The fraction of sp³-hybridized carbons (Fsp3) is 0.462. The van der Waals surface area contributed by atoms with Gasteiger partial charge >= 0.3 is 0 Å². The Hall–Kier alpha value is -1.19. The van der Waals surface area contributed by atoms with Crippen LogP contribution in [-0.2, 0) is 15.3 Å². The SMILES string of the molecule is CC(=O)c1ccc(C2(C)OCC(C)O2)cc1. The second kappa shape index (κ2) is 4.00. The van der Waals surface area contributed by atoms with Gasteiger partial charge in [-0.1, -0.05) is 24.3 Å². The molecule has 2 unspecified atom stereocenters. The van der Waals surface area contributed by atoms with Crippen molar-refractivity contribution in [3.63, 3.8) is 0 Å². The zero-order valence-electron chi connectivity index (χ0n) is 9.82. The van der Waals surface area contributed by atoms with Crippen LogP contribution in [0.4, 0.5) is 0 Å². The van der Waals surface area contributed by atoms with E-state index in [1.54, 1.807) is 19.1 Å². The summed E-state index contributed by atoms with van der Waals surface area (Å²) in [4.78, 5) is 11.1. The van der Waals surface area contributed by atoms with Crippen molar-refractivity contribution in [2.45, 2.75) is 32.7 Å². The van der Waals surface area contributed by atoms with Crippen LogP contribution in [0, 0.1) is 0 Å². The number of hydrogen-bond acceptors (Lipinski definition) is 3. The molecule has 1 heterocycles. The second-order valence-electron chi connectivity index (χ2n) is 4.32. The van der Waals surface area contributed by atoms with E-state index in [4.69, 9.17) is 9.47 Å². The Morgan fingerprint density at radius 3 is 2.44 bits per heavy atom. The van der Waals surface area contributed by atoms with Crippen LogP contribution in [-0.4, -0.2) is 18.5 Å². The fourth-order valence-electron chi connectivity index (χ4n) is 1.89. The lowest BCUT2D eigenvalue weighted by atomic mass is 10.0. The molecule has 0 amide bonds. The molecule has 1 aliphatic rings. The number of hydrogen-bond donors (Lipinski definition) is 0. The van der Waals surface area contributed by atoms with Gasteiger partial charge in [0.15, 0.2) is 11.6 Å². The molecule has 3 heteroatoms. The van der Waals surface area contributed by atoms with Gasteiger partial charge < -0.3 is 9.47 Å². The van der Waals surface area contributed by atoms with Crippen molar-refractivity contribution in [1.29, 1.82) is 0 Å². The average Bonchev–Trinajstić information content (AvgIpc) is 2.60. The van der Waals surface area contributed by atoms with E-state index in [9.17, 15) is 4.79 Å². The normalized spacial score (nSPS) is 29.3. The molecule has 0 radical (unpaired) electrons. The van der Waals surface area contributed by atoms with Crippen LogP contribution in [0.2, 0.25) is 0 Å². The van der Waals surface area contributed by atoms with Gasteiger partial charge in [0.2, 0.25) is 0 Å². The number of rotatable bonds is 2. The maximum atomic E-state index is 11.1. The monoisotopic (exact) mass is 220 g/mol. The molecule has 1 aromatic carbocycles. The fourth-order valence-corrected chi connectivity index (χ4v) is 1.89. The first-order chi connectivity index (χ1) is 7.51. The smallest absolute Gasteiger partial charge is 0.192 e. The Labute approximate surface area is 95.4 Å². The lowest BCUT2D eigenvalue weighted by Gasteiger charge is -2.23. The van der Waals surface area contributed by atoms with E-state index in [0.717, 1.165) is 5.56 Å². The first kappa shape index (κ1) is 11.3. The molecule has 0 spiro atoms. The largest absolute Gasteiger partial charge is 0.343 e. The molecule has 16 heavy (non-hydrogen) atoms. The van der Waals surface area contributed by atoms with Crippen LogP contribution < -0.4 is 0 Å². The molecular formula is C13H16O3. The highest BCUT2D eigenvalue weighted by Crippen LogP contribution is 2.33. The van der Waals surface area contributed by atoms with Crippen molar-refractivity contribution in [2.24, 2.45) is 0 Å². The summed E-state index contributed by atoms with van der Waals surface area (Å²) in [6, 6.07) is 7.38. The summed E-state index contributed by atoms with van der Waals surface area (Å²) in [5, 5.41) is 0. The average molecular weight is 220 g/mol. The van der Waals surface area contributed by atoms with Crippen molar-refractivity contribution in [1.82, 2.24) is 0 Å². The van der Waals surface area contributed by atoms with Gasteiger partial charge in [-0.15, -0.1) is 0 Å². The predicted molar refractivity (Wildman–Crippen MR) is 60.3 cm³/mol. The highest BCUT2D eigenvalue weighted by Gasteiger charge is 2.36. The summed E-state index contributed by atoms with van der Waals surface area (Å²) in [6.07, 6.45) is 0.109. The van der Waals surface area contributed by atoms with Gasteiger partial charge in [-0.05, 0) is 20.8 Å². The minimum atomic E-state index is -0.672. The van der Waals surface area contributed by atoms with Gasteiger partial charge in [-0.2, -0.15) is 0 Å². The summed E-state index contributed by atoms with van der Waals surface area (Å²) < 4.78 is 11.4. The van der Waals surface area contributed by atoms with Gasteiger partial charge in [0.25, 0.3) is 0 Å². The standard InChI is InChI=1S/C13H16O3/c1-9-8-15-13(3,16-9)12-6-4-11(5-7-12)10(2)14/h4-7,9H,8H2,1-3H3. The number of carbonyl (C=O) groups is 1. The van der Waals surface area contributed by atoms with Crippen molar-refractivity contribution in [3.05, 3.63) is 35.4 Å². The van der Waals surface area contributed by atoms with E-state index in [0.29, 0.717) is 12.2 Å². The maximum absolute atomic E-state index is 11.1. The lowest BCUT2D eigenvalue weighted by Crippen LogP contribution is -2.23. The molecule has 86 valence electrons. The molecule has 2 atom stereocenters. The van der Waals surface area contributed by atoms with E-state index in [-0.39, 0.29) is 11.9 Å². The van der Waals surface area contributed by atoms with Crippen LogP contribution >= 0.6 is 0 Å². The van der Waals surface area contributed by atoms with E-state index in [2.05, 4.69) is 0 Å². The van der Waals surface area contributed by atoms with Crippen molar-refractivity contribution < 1.29 is 14.3 Å². The first-order valence-corrected chi connectivity index (χ1v) is 5.44.